The summed E-state index contributed by atoms with van der Waals surface area (Å²) in [4.78, 5) is 13.9. The second kappa shape index (κ2) is 4.79. The van der Waals surface area contributed by atoms with Crippen LogP contribution in [-0.2, 0) is 4.79 Å². The van der Waals surface area contributed by atoms with E-state index in [-0.39, 0.29) is 0 Å². The number of nitrogens with one attached hydrogen (secondary N) is 1. The van der Waals surface area contributed by atoms with Gasteiger partial charge in [0.15, 0.2) is 0 Å². The molecule has 2 unspecified atom stereocenters. The van der Waals surface area contributed by atoms with Crippen LogP contribution in [0.4, 0.5) is 0 Å². The lowest BCUT2D eigenvalue weighted by Crippen LogP contribution is -2.34. The number of allylic oxidation sites excluding steroid dienone is 2. The van der Waals surface area contributed by atoms with Crippen LogP contribution in [0.1, 0.15) is 25.7 Å². The first-order valence-corrected chi connectivity index (χ1v) is 5.91. The van der Waals surface area contributed by atoms with E-state index in [9.17, 15) is 4.79 Å². The number of carbonyl (C=O) groups is 1. The Kier molecular flexibility index (Phi) is 3.41. The smallest absolute Gasteiger partial charge is 0.223 e. The van der Waals surface area contributed by atoms with Crippen molar-refractivity contribution in [3.63, 3.8) is 0 Å². The molecule has 84 valence electrons. The van der Waals surface area contributed by atoms with Gasteiger partial charge in [-0.15, -0.1) is 0 Å². The first-order chi connectivity index (χ1) is 7.29. The molecule has 1 N–H and O–H groups in total. The lowest BCUT2D eigenvalue weighted by atomic mass is 10.0. The zero-order chi connectivity index (χ0) is 10.7. The minimum Gasteiger partial charge on any atom is -0.341 e. The van der Waals surface area contributed by atoms with Gasteiger partial charge in [-0.05, 0) is 32.2 Å². The molecule has 0 radical (unpaired) electrons. The van der Waals surface area contributed by atoms with Crippen molar-refractivity contribution in [3.05, 3.63) is 12.2 Å². The van der Waals surface area contributed by atoms with Crippen molar-refractivity contribution in [2.75, 3.05) is 20.1 Å². The van der Waals surface area contributed by atoms with Crippen LogP contribution in [0.25, 0.3) is 0 Å². The van der Waals surface area contributed by atoms with Gasteiger partial charge in [0, 0.05) is 25.6 Å². The van der Waals surface area contributed by atoms with Crippen LogP contribution in [0.2, 0.25) is 0 Å². The Balaban J connectivity index is 1.78. The molecule has 0 aromatic rings. The van der Waals surface area contributed by atoms with Crippen LogP contribution >= 0.6 is 0 Å². The third-order valence-corrected chi connectivity index (χ3v) is 3.50. The molecule has 1 fully saturated rings. The second-order valence-corrected chi connectivity index (χ2v) is 4.58. The third-order valence-electron chi connectivity index (χ3n) is 3.50. The molecule has 0 bridgehead atoms. The Morgan fingerprint density at radius 3 is 3.00 bits per heavy atom. The molecule has 1 aliphatic heterocycles. The molecule has 15 heavy (non-hydrogen) atoms. The fourth-order valence-electron chi connectivity index (χ4n) is 2.44. The summed E-state index contributed by atoms with van der Waals surface area (Å²) >= 11 is 0. The average molecular weight is 208 g/mol. The largest absolute Gasteiger partial charge is 0.341 e. The van der Waals surface area contributed by atoms with Crippen molar-refractivity contribution in [1.82, 2.24) is 10.2 Å². The standard InChI is InChI=1S/C12H20N2O/c1-13-11-6-7-14(9-11)12(15)8-10-4-2-3-5-10/h2,4,10-11,13H,3,5-9H2,1H3. The van der Waals surface area contributed by atoms with Gasteiger partial charge in [-0.1, -0.05) is 12.2 Å². The molecule has 1 saturated heterocycles. The molecule has 1 heterocycles. The topological polar surface area (TPSA) is 32.3 Å². The monoisotopic (exact) mass is 208 g/mol. The number of carbonyl (C=O) groups excluding carboxylic acids is 1. The van der Waals surface area contributed by atoms with Crippen LogP contribution in [0.3, 0.4) is 0 Å². The molecule has 3 heteroatoms. The van der Waals surface area contributed by atoms with Gasteiger partial charge in [-0.25, -0.2) is 0 Å². The van der Waals surface area contributed by atoms with Crippen LogP contribution in [-0.4, -0.2) is 37.0 Å². The normalized spacial score (nSPS) is 30.1. The summed E-state index contributed by atoms with van der Waals surface area (Å²) in [6, 6.07) is 0.507. The van der Waals surface area contributed by atoms with E-state index in [0.29, 0.717) is 24.3 Å². The summed E-state index contributed by atoms with van der Waals surface area (Å²) in [5.41, 5.74) is 0. The van der Waals surface area contributed by atoms with Crippen LogP contribution in [0, 0.1) is 5.92 Å². The van der Waals surface area contributed by atoms with Gasteiger partial charge in [-0.2, -0.15) is 0 Å². The number of amides is 1. The van der Waals surface area contributed by atoms with Gasteiger partial charge in [0.2, 0.25) is 5.91 Å². The average Bonchev–Trinajstić information content (AvgIpc) is 2.86. The number of nitrogens with zero attached hydrogens (tertiary/aromatic N) is 1. The Labute approximate surface area is 91.5 Å². The van der Waals surface area contributed by atoms with E-state index in [1.807, 2.05) is 11.9 Å². The van der Waals surface area contributed by atoms with E-state index in [0.717, 1.165) is 32.4 Å². The highest BCUT2D eigenvalue weighted by Crippen LogP contribution is 2.22. The van der Waals surface area contributed by atoms with Crippen molar-refractivity contribution in [2.24, 2.45) is 5.92 Å². The summed E-state index contributed by atoms with van der Waals surface area (Å²) in [5, 5.41) is 3.23. The van der Waals surface area contributed by atoms with Gasteiger partial charge < -0.3 is 10.2 Å². The Morgan fingerprint density at radius 2 is 2.40 bits per heavy atom. The predicted octanol–water partition coefficient (Wildman–Crippen LogP) is 1.16. The van der Waals surface area contributed by atoms with Gasteiger partial charge in [-0.3, -0.25) is 4.79 Å². The summed E-state index contributed by atoms with van der Waals surface area (Å²) in [6.07, 6.45) is 8.52. The highest BCUT2D eigenvalue weighted by atomic mass is 16.2. The lowest BCUT2D eigenvalue weighted by Gasteiger charge is -2.18. The number of rotatable bonds is 3. The SMILES string of the molecule is CNC1CCN(C(=O)CC2C=CCC2)C1. The number of likely N-dealkylation sites (N-methyl/N-ethyl adjacent to an activating group) is 1. The molecular weight excluding hydrogens is 188 g/mol. The molecular formula is C12H20N2O. The molecule has 2 rings (SSSR count). The molecule has 0 saturated carbocycles. The highest BCUT2D eigenvalue weighted by Gasteiger charge is 2.26. The first kappa shape index (κ1) is 10.7. The zero-order valence-corrected chi connectivity index (χ0v) is 9.41. The molecule has 0 spiro atoms. The van der Waals surface area contributed by atoms with Gasteiger partial charge >= 0.3 is 0 Å². The molecule has 2 atom stereocenters. The van der Waals surface area contributed by atoms with Crippen molar-refractivity contribution < 1.29 is 4.79 Å². The quantitative estimate of drug-likeness (QED) is 0.706. The first-order valence-electron chi connectivity index (χ1n) is 5.91. The van der Waals surface area contributed by atoms with Gasteiger partial charge in [0.1, 0.15) is 0 Å². The maximum atomic E-state index is 11.9. The van der Waals surface area contributed by atoms with E-state index in [4.69, 9.17) is 0 Å². The van der Waals surface area contributed by atoms with E-state index >= 15 is 0 Å². The number of likely N-dealkylation sites (tertiary alicyclic amines) is 1. The third kappa shape index (κ3) is 2.59. The van der Waals surface area contributed by atoms with Crippen LogP contribution in [0.15, 0.2) is 12.2 Å². The molecule has 1 aliphatic carbocycles. The van der Waals surface area contributed by atoms with Gasteiger partial charge in [0.25, 0.3) is 0 Å². The highest BCUT2D eigenvalue weighted by molar-refractivity contribution is 5.77. The van der Waals surface area contributed by atoms with E-state index in [2.05, 4.69) is 17.5 Å². The zero-order valence-electron chi connectivity index (χ0n) is 9.41. The summed E-state index contributed by atoms with van der Waals surface area (Å²) < 4.78 is 0. The minimum absolute atomic E-state index is 0.337. The van der Waals surface area contributed by atoms with Crippen LogP contribution < -0.4 is 5.32 Å². The van der Waals surface area contributed by atoms with E-state index in [1.54, 1.807) is 0 Å². The molecule has 0 aromatic heterocycles. The maximum absolute atomic E-state index is 11.9. The fourth-order valence-corrected chi connectivity index (χ4v) is 2.44. The fraction of sp³-hybridized carbons (Fsp3) is 0.750. The van der Waals surface area contributed by atoms with E-state index in [1.165, 1.54) is 0 Å². The van der Waals surface area contributed by atoms with Crippen molar-refractivity contribution >= 4 is 5.91 Å². The summed E-state index contributed by atoms with van der Waals surface area (Å²) in [5.74, 6) is 0.843. The molecule has 1 amide bonds. The van der Waals surface area contributed by atoms with Crippen molar-refractivity contribution in [3.8, 4) is 0 Å². The summed E-state index contributed by atoms with van der Waals surface area (Å²) in [6.45, 7) is 1.83. The number of hydrogen-bond acceptors (Lipinski definition) is 2. The Hall–Kier alpha value is -0.830. The van der Waals surface area contributed by atoms with E-state index < -0.39 is 0 Å². The lowest BCUT2D eigenvalue weighted by molar-refractivity contribution is -0.130. The van der Waals surface area contributed by atoms with Crippen molar-refractivity contribution in [2.45, 2.75) is 31.7 Å². The Bertz CT molecular complexity index is 262. The van der Waals surface area contributed by atoms with Crippen LogP contribution in [0.5, 0.6) is 0 Å². The molecule has 3 nitrogen and oxygen atoms in total. The Morgan fingerprint density at radius 1 is 1.53 bits per heavy atom. The predicted molar refractivity (Wildman–Crippen MR) is 60.5 cm³/mol. The number of hydrogen-bond donors (Lipinski definition) is 1. The molecule has 0 aromatic carbocycles. The maximum Gasteiger partial charge on any atom is 0.223 e. The van der Waals surface area contributed by atoms with Gasteiger partial charge in [0.05, 0.1) is 0 Å². The summed E-state index contributed by atoms with van der Waals surface area (Å²) in [7, 11) is 1.97. The minimum atomic E-state index is 0.337. The molecule has 2 aliphatic rings. The van der Waals surface area contributed by atoms with Crippen molar-refractivity contribution in [1.29, 1.82) is 0 Å². The second-order valence-electron chi connectivity index (χ2n) is 4.58.